The predicted molar refractivity (Wildman–Crippen MR) is 56.3 cm³/mol. The van der Waals surface area contributed by atoms with E-state index in [0.717, 1.165) is 10.9 Å². The molecule has 1 aromatic heterocycles. The molecule has 0 spiro atoms. The predicted octanol–water partition coefficient (Wildman–Crippen LogP) is 1.73. The number of hydrogen-bond donors (Lipinski definition) is 0. The summed E-state index contributed by atoms with van der Waals surface area (Å²) in [7, 11) is 0. The van der Waals surface area contributed by atoms with Gasteiger partial charge in [-0.2, -0.15) is 0 Å². The van der Waals surface area contributed by atoms with Crippen LogP contribution in [0.3, 0.4) is 0 Å². The first-order chi connectivity index (χ1) is 7.75. The van der Waals surface area contributed by atoms with Crippen molar-refractivity contribution in [1.29, 1.82) is 0 Å². The fraction of sp³-hybridized carbons (Fsp3) is 0.0833. The number of carbonyl (C=O) groups excluding carboxylic acids is 2. The van der Waals surface area contributed by atoms with Crippen LogP contribution in [0.15, 0.2) is 30.5 Å². The number of nitrogens with zero attached hydrogens (tertiary/aromatic N) is 1. The van der Waals surface area contributed by atoms with Gasteiger partial charge in [-0.3, -0.25) is 14.6 Å². The van der Waals surface area contributed by atoms with Gasteiger partial charge in [-0.05, 0) is 18.2 Å². The Morgan fingerprint density at radius 1 is 1.19 bits per heavy atom. The highest BCUT2D eigenvalue weighted by Gasteiger charge is 2.26. The molecular formula is C12H7NO3. The second-order valence-corrected chi connectivity index (χ2v) is 3.58. The summed E-state index contributed by atoms with van der Waals surface area (Å²) < 4.78 is 5.02. The summed E-state index contributed by atoms with van der Waals surface area (Å²) in [5.41, 5.74) is 1.19. The topological polar surface area (TPSA) is 56.3 Å². The van der Waals surface area contributed by atoms with E-state index < -0.39 is 5.97 Å². The first-order valence-corrected chi connectivity index (χ1v) is 4.87. The molecule has 0 bridgehead atoms. The molecule has 0 atom stereocenters. The molecule has 0 saturated heterocycles. The molecule has 0 N–H and O–H groups in total. The largest absolute Gasteiger partial charge is 0.425 e. The van der Waals surface area contributed by atoms with Crippen LogP contribution in [-0.2, 0) is 4.79 Å². The number of Topliss-reactive ketones (excluding diaryl/α,β-unsaturated/α-hetero) is 1. The Morgan fingerprint density at radius 2 is 2.06 bits per heavy atom. The van der Waals surface area contributed by atoms with Gasteiger partial charge in [0.25, 0.3) is 0 Å². The lowest BCUT2D eigenvalue weighted by molar-refractivity contribution is -0.133. The second kappa shape index (κ2) is 3.13. The third-order valence-corrected chi connectivity index (χ3v) is 2.55. The first-order valence-electron chi connectivity index (χ1n) is 4.87. The van der Waals surface area contributed by atoms with E-state index in [-0.39, 0.29) is 12.2 Å². The SMILES string of the molecule is O=C1CC(=O)c2c(ccc3ncccc23)O1. The summed E-state index contributed by atoms with van der Waals surface area (Å²) in [6, 6.07) is 6.91. The third kappa shape index (κ3) is 1.20. The van der Waals surface area contributed by atoms with E-state index in [4.69, 9.17) is 4.74 Å². The highest BCUT2D eigenvalue weighted by Crippen LogP contribution is 2.31. The quantitative estimate of drug-likeness (QED) is 0.380. The van der Waals surface area contributed by atoms with Crippen molar-refractivity contribution in [2.24, 2.45) is 0 Å². The van der Waals surface area contributed by atoms with Crippen molar-refractivity contribution in [3.63, 3.8) is 0 Å². The minimum Gasteiger partial charge on any atom is -0.425 e. The highest BCUT2D eigenvalue weighted by molar-refractivity contribution is 6.17. The third-order valence-electron chi connectivity index (χ3n) is 2.55. The van der Waals surface area contributed by atoms with E-state index in [1.807, 2.05) is 0 Å². The minimum absolute atomic E-state index is 0.193. The van der Waals surface area contributed by atoms with Gasteiger partial charge in [0.1, 0.15) is 12.2 Å². The number of esters is 1. The zero-order valence-electron chi connectivity index (χ0n) is 8.27. The van der Waals surface area contributed by atoms with Gasteiger partial charge in [0.15, 0.2) is 5.78 Å². The number of benzene rings is 1. The van der Waals surface area contributed by atoms with E-state index in [0.29, 0.717) is 11.3 Å². The van der Waals surface area contributed by atoms with E-state index in [2.05, 4.69) is 4.98 Å². The lowest BCUT2D eigenvalue weighted by Gasteiger charge is -2.15. The van der Waals surface area contributed by atoms with Crippen LogP contribution in [0.4, 0.5) is 0 Å². The van der Waals surface area contributed by atoms with Gasteiger partial charge in [0.2, 0.25) is 0 Å². The first kappa shape index (κ1) is 9.03. The van der Waals surface area contributed by atoms with Gasteiger partial charge < -0.3 is 4.74 Å². The van der Waals surface area contributed by atoms with Crippen molar-refractivity contribution in [2.75, 3.05) is 0 Å². The Kier molecular flexibility index (Phi) is 1.77. The summed E-state index contributed by atoms with van der Waals surface area (Å²) >= 11 is 0. The van der Waals surface area contributed by atoms with Crippen LogP contribution in [-0.4, -0.2) is 16.7 Å². The molecular weight excluding hydrogens is 206 g/mol. The summed E-state index contributed by atoms with van der Waals surface area (Å²) in [4.78, 5) is 27.0. The molecule has 1 aliphatic heterocycles. The van der Waals surface area contributed by atoms with Crippen molar-refractivity contribution < 1.29 is 14.3 Å². The molecule has 78 valence electrons. The maximum absolute atomic E-state index is 11.8. The molecule has 0 fully saturated rings. The maximum atomic E-state index is 11.8. The summed E-state index contributed by atoms with van der Waals surface area (Å²) in [5.74, 6) is -0.368. The number of rotatable bonds is 0. The molecule has 0 unspecified atom stereocenters. The van der Waals surface area contributed by atoms with Crippen LogP contribution < -0.4 is 4.74 Å². The van der Waals surface area contributed by atoms with Gasteiger partial charge in [-0.15, -0.1) is 0 Å². The smallest absolute Gasteiger partial charge is 0.319 e. The standard InChI is InChI=1S/C12H7NO3/c14-9-6-11(15)16-10-4-3-8-7(12(9)10)2-1-5-13-8/h1-5H,6H2. The van der Waals surface area contributed by atoms with E-state index in [1.165, 1.54) is 0 Å². The number of ether oxygens (including phenoxy) is 1. The fourth-order valence-corrected chi connectivity index (χ4v) is 1.88. The minimum atomic E-state index is -0.499. The Hall–Kier alpha value is -2.23. The molecule has 4 heteroatoms. The van der Waals surface area contributed by atoms with Crippen LogP contribution in [0.1, 0.15) is 16.8 Å². The number of ketones is 1. The van der Waals surface area contributed by atoms with Gasteiger partial charge in [0, 0.05) is 11.6 Å². The highest BCUT2D eigenvalue weighted by atomic mass is 16.5. The zero-order chi connectivity index (χ0) is 11.1. The fourth-order valence-electron chi connectivity index (χ4n) is 1.88. The molecule has 1 aliphatic rings. The van der Waals surface area contributed by atoms with E-state index >= 15 is 0 Å². The van der Waals surface area contributed by atoms with Crippen LogP contribution in [0.5, 0.6) is 5.75 Å². The average Bonchev–Trinajstić information content (AvgIpc) is 2.28. The Labute approximate surface area is 90.9 Å². The lowest BCUT2D eigenvalue weighted by Crippen LogP contribution is -2.21. The van der Waals surface area contributed by atoms with Crippen molar-refractivity contribution in [3.8, 4) is 5.75 Å². The van der Waals surface area contributed by atoms with Crippen LogP contribution in [0, 0.1) is 0 Å². The molecule has 0 saturated carbocycles. The van der Waals surface area contributed by atoms with Crippen molar-refractivity contribution in [2.45, 2.75) is 6.42 Å². The van der Waals surface area contributed by atoms with Crippen molar-refractivity contribution in [1.82, 2.24) is 4.98 Å². The number of carbonyl (C=O) groups is 2. The molecule has 2 heterocycles. The second-order valence-electron chi connectivity index (χ2n) is 3.58. The Morgan fingerprint density at radius 3 is 2.94 bits per heavy atom. The molecule has 2 aromatic rings. The number of fused-ring (bicyclic) bond motifs is 3. The van der Waals surface area contributed by atoms with E-state index in [9.17, 15) is 9.59 Å². The number of hydrogen-bond acceptors (Lipinski definition) is 4. The molecule has 0 radical (unpaired) electrons. The maximum Gasteiger partial charge on any atom is 0.319 e. The average molecular weight is 213 g/mol. The number of pyridine rings is 1. The molecule has 4 nitrogen and oxygen atoms in total. The van der Waals surface area contributed by atoms with Gasteiger partial charge in [-0.1, -0.05) is 6.07 Å². The van der Waals surface area contributed by atoms with Crippen molar-refractivity contribution in [3.05, 3.63) is 36.0 Å². The molecule has 0 amide bonds. The van der Waals surface area contributed by atoms with Crippen LogP contribution >= 0.6 is 0 Å². The molecule has 1 aromatic carbocycles. The summed E-state index contributed by atoms with van der Waals surface area (Å²) in [6.45, 7) is 0. The lowest BCUT2D eigenvalue weighted by atomic mass is 9.99. The number of aromatic nitrogens is 1. The van der Waals surface area contributed by atoms with Gasteiger partial charge in [0.05, 0.1) is 11.1 Å². The summed E-state index contributed by atoms with van der Waals surface area (Å²) in [5, 5.41) is 0.734. The monoisotopic (exact) mass is 213 g/mol. The van der Waals surface area contributed by atoms with Crippen LogP contribution in [0.2, 0.25) is 0 Å². The van der Waals surface area contributed by atoms with Crippen molar-refractivity contribution >= 4 is 22.7 Å². The Balaban J connectivity index is 2.38. The Bertz CT molecular complexity index is 619. The molecule has 3 rings (SSSR count). The van der Waals surface area contributed by atoms with Crippen LogP contribution in [0.25, 0.3) is 10.9 Å². The van der Waals surface area contributed by atoms with E-state index in [1.54, 1.807) is 30.5 Å². The van der Waals surface area contributed by atoms with Gasteiger partial charge >= 0.3 is 5.97 Å². The summed E-state index contributed by atoms with van der Waals surface area (Å²) in [6.07, 6.45) is 1.47. The molecule has 0 aliphatic carbocycles. The normalized spacial score (nSPS) is 14.8. The molecule has 16 heavy (non-hydrogen) atoms. The van der Waals surface area contributed by atoms with Gasteiger partial charge in [-0.25, -0.2) is 0 Å². The zero-order valence-corrected chi connectivity index (χ0v) is 8.27.